The van der Waals surface area contributed by atoms with E-state index in [4.69, 9.17) is 9.73 Å². The standard InChI is InChI=1S/C50H61FN6O3/c1-4-41(56-21-17-35(18-22-56)38-11-10-37(26-38)34-6-8-36(9-7-34)42-12-16-47(58)55-49(42)59)27-39-25-33(5-13-43(39)51)29-53-46-28-40-30-57(23-19-50(40,3)31-54-46)44-14-15-45-48(32(44)2)52-20-24-60-45/h6-9,13-15,25,28,33,35,37-38,42,52H,1,5,10-12,16-24,26-27,29-31H2,2-3H3,(H,53,54)(H,55,58,59). The van der Waals surface area contributed by atoms with Crippen molar-refractivity contribution in [3.8, 4) is 5.75 Å². The number of nitrogens with one attached hydrogen (secondary N) is 3. The lowest BCUT2D eigenvalue weighted by Gasteiger charge is -2.44. The van der Waals surface area contributed by atoms with E-state index in [1.807, 2.05) is 0 Å². The van der Waals surface area contributed by atoms with Crippen LogP contribution in [-0.2, 0) is 9.59 Å². The number of aliphatic imine (C=N–C) groups is 1. The van der Waals surface area contributed by atoms with Crippen molar-refractivity contribution in [2.24, 2.45) is 28.2 Å². The molecule has 5 atom stereocenters. The van der Waals surface area contributed by atoms with Gasteiger partial charge in [-0.15, -0.1) is 5.73 Å². The quantitative estimate of drug-likeness (QED) is 0.172. The molecule has 0 aromatic heterocycles. The molecule has 2 aliphatic carbocycles. The van der Waals surface area contributed by atoms with Crippen LogP contribution in [0.3, 0.4) is 0 Å². The zero-order valence-electron chi connectivity index (χ0n) is 35.5. The van der Waals surface area contributed by atoms with Crippen molar-refractivity contribution in [1.29, 1.82) is 0 Å². The Morgan fingerprint density at radius 1 is 1.05 bits per heavy atom. The highest BCUT2D eigenvalue weighted by atomic mass is 19.1. The molecule has 0 spiro atoms. The third kappa shape index (κ3) is 8.32. The van der Waals surface area contributed by atoms with E-state index in [0.29, 0.717) is 56.6 Å². The Kier molecular flexibility index (Phi) is 11.5. The fourth-order valence-corrected chi connectivity index (χ4v) is 11.1. The summed E-state index contributed by atoms with van der Waals surface area (Å²) in [7, 11) is 0. The van der Waals surface area contributed by atoms with Crippen LogP contribution in [0.4, 0.5) is 15.8 Å². The van der Waals surface area contributed by atoms with Gasteiger partial charge >= 0.3 is 0 Å². The van der Waals surface area contributed by atoms with Gasteiger partial charge in [-0.1, -0.05) is 43.8 Å². The van der Waals surface area contributed by atoms with Crippen molar-refractivity contribution in [2.75, 3.05) is 62.6 Å². The zero-order chi connectivity index (χ0) is 41.4. The van der Waals surface area contributed by atoms with Gasteiger partial charge in [-0.3, -0.25) is 19.9 Å². The number of amidine groups is 1. The van der Waals surface area contributed by atoms with Gasteiger partial charge in [0, 0.05) is 63.2 Å². The number of nitrogens with zero attached hydrogens (tertiary/aromatic N) is 3. The minimum absolute atomic E-state index is 0.0611. The van der Waals surface area contributed by atoms with Crippen LogP contribution in [0.25, 0.3) is 0 Å². The Morgan fingerprint density at radius 2 is 1.87 bits per heavy atom. The molecule has 5 aliphatic heterocycles. The fraction of sp³-hybridized carbons (Fsp3) is 0.520. The second-order valence-electron chi connectivity index (χ2n) is 18.6. The minimum Gasteiger partial charge on any atom is -0.490 e. The molecule has 3 saturated heterocycles. The summed E-state index contributed by atoms with van der Waals surface area (Å²) >= 11 is 0. The number of rotatable bonds is 9. The number of benzene rings is 2. The lowest BCUT2D eigenvalue weighted by molar-refractivity contribution is -0.134. The highest BCUT2D eigenvalue weighted by molar-refractivity contribution is 6.01. The molecular weight excluding hydrogens is 752 g/mol. The molecule has 5 heterocycles. The van der Waals surface area contributed by atoms with Crippen molar-refractivity contribution >= 4 is 29.0 Å². The molecule has 3 N–H and O–H groups in total. The molecule has 316 valence electrons. The van der Waals surface area contributed by atoms with Crippen molar-refractivity contribution in [1.82, 2.24) is 15.5 Å². The van der Waals surface area contributed by atoms with E-state index >= 15 is 4.39 Å². The number of imide groups is 1. The normalized spacial score (nSPS) is 28.1. The molecule has 0 bridgehead atoms. The monoisotopic (exact) mass is 812 g/mol. The summed E-state index contributed by atoms with van der Waals surface area (Å²) in [6, 6.07) is 12.9. The third-order valence-electron chi connectivity index (χ3n) is 14.9. The molecule has 7 aliphatic rings. The van der Waals surface area contributed by atoms with Crippen LogP contribution in [0.2, 0.25) is 0 Å². The predicted molar refractivity (Wildman–Crippen MR) is 237 cm³/mol. The second-order valence-corrected chi connectivity index (χ2v) is 18.6. The van der Waals surface area contributed by atoms with E-state index in [0.717, 1.165) is 92.6 Å². The minimum atomic E-state index is -0.236. The van der Waals surface area contributed by atoms with Gasteiger partial charge < -0.3 is 25.2 Å². The van der Waals surface area contributed by atoms with E-state index in [1.165, 1.54) is 41.6 Å². The SMILES string of the molecule is C=C=C(CC1=CC(CNC2=NCC3(C)CCN(c4ccc5c(c4C)NCCO5)CC3=C2)CC=C1F)N1CCC(C2CCC(c3ccc(C4CCC(=O)NC4=O)cc3)C2)CC1. The van der Waals surface area contributed by atoms with Crippen molar-refractivity contribution < 1.29 is 18.7 Å². The number of carbonyl (C=O) groups is 2. The first-order chi connectivity index (χ1) is 29.1. The van der Waals surface area contributed by atoms with Gasteiger partial charge in [0.1, 0.15) is 24.0 Å². The lowest BCUT2D eigenvalue weighted by atomic mass is 9.74. The Morgan fingerprint density at radius 3 is 2.67 bits per heavy atom. The van der Waals surface area contributed by atoms with Crippen LogP contribution in [0, 0.1) is 30.1 Å². The van der Waals surface area contributed by atoms with E-state index in [-0.39, 0.29) is 34.9 Å². The number of fused-ring (bicyclic) bond motifs is 2. The summed E-state index contributed by atoms with van der Waals surface area (Å²) in [5.41, 5.74) is 12.4. The first-order valence-corrected chi connectivity index (χ1v) is 22.5. The van der Waals surface area contributed by atoms with Crippen molar-refractivity contribution in [3.63, 3.8) is 0 Å². The van der Waals surface area contributed by atoms with Crippen molar-refractivity contribution in [2.45, 2.75) is 89.9 Å². The molecular formula is C50H61FN6O3. The Bertz CT molecular complexity index is 2180. The second kappa shape index (κ2) is 17.1. The predicted octanol–water partition coefficient (Wildman–Crippen LogP) is 8.62. The molecule has 2 aromatic rings. The maximum atomic E-state index is 15.4. The summed E-state index contributed by atoms with van der Waals surface area (Å²) in [6.45, 7) is 15.4. The molecule has 0 radical (unpaired) electrons. The van der Waals surface area contributed by atoms with Gasteiger partial charge in [-0.2, -0.15) is 0 Å². The number of hydrogen-bond donors (Lipinski definition) is 3. The first-order valence-electron chi connectivity index (χ1n) is 22.5. The smallest absolute Gasteiger partial charge is 0.234 e. The van der Waals surface area contributed by atoms with Crippen LogP contribution in [0.1, 0.15) is 99.7 Å². The van der Waals surface area contributed by atoms with E-state index in [2.05, 4.69) is 100 Å². The molecule has 1 saturated carbocycles. The van der Waals surface area contributed by atoms with Gasteiger partial charge in [-0.25, -0.2) is 4.39 Å². The summed E-state index contributed by atoms with van der Waals surface area (Å²) in [6.07, 6.45) is 15.3. The highest BCUT2D eigenvalue weighted by Crippen LogP contribution is 2.46. The molecule has 4 fully saturated rings. The number of allylic oxidation sites excluding steroid dienone is 3. The molecule has 2 amide bonds. The van der Waals surface area contributed by atoms with E-state index in [9.17, 15) is 9.59 Å². The molecule has 5 unspecified atom stereocenters. The number of piperidine rings is 3. The molecule has 60 heavy (non-hydrogen) atoms. The zero-order valence-corrected chi connectivity index (χ0v) is 35.5. The van der Waals surface area contributed by atoms with Gasteiger partial charge in [0.2, 0.25) is 11.8 Å². The van der Waals surface area contributed by atoms with Gasteiger partial charge in [0.15, 0.2) is 0 Å². The number of anilines is 2. The largest absolute Gasteiger partial charge is 0.490 e. The summed E-state index contributed by atoms with van der Waals surface area (Å²) in [5, 5.41) is 9.67. The number of amides is 2. The van der Waals surface area contributed by atoms with Crippen LogP contribution in [0.5, 0.6) is 5.75 Å². The van der Waals surface area contributed by atoms with Gasteiger partial charge in [-0.05, 0) is 134 Å². The number of likely N-dealkylation sites (tertiary alicyclic amines) is 1. The maximum absolute atomic E-state index is 15.4. The van der Waals surface area contributed by atoms with Crippen LogP contribution in [0.15, 0.2) is 94.6 Å². The summed E-state index contributed by atoms with van der Waals surface area (Å²) < 4.78 is 21.3. The topological polar surface area (TPSA) is 98.3 Å². The van der Waals surface area contributed by atoms with Crippen LogP contribution >= 0.6 is 0 Å². The van der Waals surface area contributed by atoms with Crippen LogP contribution in [-0.4, -0.2) is 75.0 Å². The average molecular weight is 813 g/mol. The molecule has 2 aromatic carbocycles. The average Bonchev–Trinajstić information content (AvgIpc) is 3.77. The Labute approximate surface area is 355 Å². The Hall–Kier alpha value is -5.08. The maximum Gasteiger partial charge on any atom is 0.234 e. The lowest BCUT2D eigenvalue weighted by Crippen LogP contribution is -2.45. The summed E-state index contributed by atoms with van der Waals surface area (Å²) in [5.74, 6) is 3.28. The Balaban J connectivity index is 0.761. The van der Waals surface area contributed by atoms with E-state index in [1.54, 1.807) is 6.08 Å². The highest BCUT2D eigenvalue weighted by Gasteiger charge is 2.38. The number of hydrogen-bond acceptors (Lipinski definition) is 8. The van der Waals surface area contributed by atoms with E-state index < -0.39 is 0 Å². The fourth-order valence-electron chi connectivity index (χ4n) is 11.1. The number of ether oxygens (including phenoxy) is 1. The molecule has 9 nitrogen and oxygen atoms in total. The first kappa shape index (κ1) is 40.3. The van der Waals surface area contributed by atoms with Gasteiger partial charge in [0.05, 0.1) is 23.8 Å². The van der Waals surface area contributed by atoms with Crippen molar-refractivity contribution in [3.05, 3.63) is 106 Å². The van der Waals surface area contributed by atoms with Gasteiger partial charge in [0.25, 0.3) is 0 Å². The number of carbonyl (C=O) groups excluding carboxylic acids is 2. The molecule has 10 heteroatoms. The summed E-state index contributed by atoms with van der Waals surface area (Å²) in [4.78, 5) is 33.9. The molecule has 9 rings (SSSR count). The van der Waals surface area contributed by atoms with Crippen LogP contribution < -0.4 is 25.6 Å². The number of halogens is 1. The third-order valence-corrected chi connectivity index (χ3v) is 14.9. The number of dihydropyridines is 1.